The highest BCUT2D eigenvalue weighted by molar-refractivity contribution is 6.10. The Morgan fingerprint density at radius 1 is 1.06 bits per heavy atom. The number of hydrogen-bond donors (Lipinski definition) is 3. The third-order valence-corrected chi connectivity index (χ3v) is 5.22. The number of hydrogen-bond acceptors (Lipinski definition) is 6. The lowest BCUT2D eigenvalue weighted by atomic mass is 10.1. The van der Waals surface area contributed by atoms with Gasteiger partial charge in [0.25, 0.3) is 17.7 Å². The summed E-state index contributed by atoms with van der Waals surface area (Å²) in [4.78, 5) is 49.7. The van der Waals surface area contributed by atoms with Crippen molar-refractivity contribution in [1.82, 2.24) is 15.5 Å². The number of nitrogens with zero attached hydrogens (tertiary/aromatic N) is 1. The summed E-state index contributed by atoms with van der Waals surface area (Å²) in [7, 11) is 1.54. The van der Waals surface area contributed by atoms with Gasteiger partial charge in [0, 0.05) is 25.6 Å². The fraction of sp³-hybridized carbons (Fsp3) is 0.391. The molecule has 0 spiro atoms. The van der Waals surface area contributed by atoms with E-state index in [1.54, 1.807) is 25.2 Å². The van der Waals surface area contributed by atoms with Crippen molar-refractivity contribution >= 4 is 23.7 Å². The number of benzene rings is 1. The largest absolute Gasteiger partial charge is 0.493 e. The van der Waals surface area contributed by atoms with Crippen LogP contribution in [0.3, 0.4) is 0 Å². The summed E-state index contributed by atoms with van der Waals surface area (Å²) in [6.07, 6.45) is 3.57. The van der Waals surface area contributed by atoms with Crippen LogP contribution in [-0.4, -0.2) is 53.4 Å². The van der Waals surface area contributed by atoms with E-state index < -0.39 is 35.8 Å². The van der Waals surface area contributed by atoms with Gasteiger partial charge >= 0.3 is 5.97 Å². The molecule has 10 nitrogen and oxygen atoms in total. The van der Waals surface area contributed by atoms with Crippen LogP contribution in [0.25, 0.3) is 0 Å². The molecular formula is C23H27N3O7. The minimum absolute atomic E-state index is 0.136. The van der Waals surface area contributed by atoms with Crippen LogP contribution in [0.5, 0.6) is 5.75 Å². The molecule has 3 amide bonds. The zero-order chi connectivity index (χ0) is 23.8. The molecule has 33 heavy (non-hydrogen) atoms. The number of aliphatic carboxylic acids is 1. The van der Waals surface area contributed by atoms with E-state index in [0.29, 0.717) is 25.2 Å². The van der Waals surface area contributed by atoms with Gasteiger partial charge in [-0.3, -0.25) is 19.2 Å². The number of furan rings is 1. The molecule has 2 unspecified atom stereocenters. The maximum Gasteiger partial charge on any atom is 0.303 e. The normalized spacial score (nSPS) is 17.7. The highest BCUT2D eigenvalue weighted by Crippen LogP contribution is 2.21. The lowest BCUT2D eigenvalue weighted by Crippen LogP contribution is -2.62. The van der Waals surface area contributed by atoms with Gasteiger partial charge in [-0.25, -0.2) is 0 Å². The molecule has 0 radical (unpaired) electrons. The molecule has 0 bridgehead atoms. The van der Waals surface area contributed by atoms with Crippen LogP contribution < -0.4 is 15.4 Å². The molecule has 0 saturated carbocycles. The topological polar surface area (TPSA) is 138 Å². The van der Waals surface area contributed by atoms with Crippen molar-refractivity contribution in [2.45, 2.75) is 44.3 Å². The maximum absolute atomic E-state index is 12.9. The lowest BCUT2D eigenvalue weighted by molar-refractivity contribution is -0.146. The van der Waals surface area contributed by atoms with E-state index in [0.717, 1.165) is 12.0 Å². The molecule has 3 rings (SSSR count). The predicted molar refractivity (Wildman–Crippen MR) is 116 cm³/mol. The second-order valence-corrected chi connectivity index (χ2v) is 7.75. The first-order valence-electron chi connectivity index (χ1n) is 10.7. The third kappa shape index (κ3) is 6.34. The van der Waals surface area contributed by atoms with Crippen LogP contribution in [0, 0.1) is 0 Å². The predicted octanol–water partition coefficient (Wildman–Crippen LogP) is 1.62. The van der Waals surface area contributed by atoms with Crippen LogP contribution in [0.2, 0.25) is 0 Å². The van der Waals surface area contributed by atoms with Crippen molar-refractivity contribution in [3.05, 3.63) is 54.0 Å². The average molecular weight is 457 g/mol. The van der Waals surface area contributed by atoms with Crippen molar-refractivity contribution in [3.8, 4) is 5.75 Å². The second-order valence-electron chi connectivity index (χ2n) is 7.75. The number of ether oxygens (including phenoxy) is 1. The molecule has 1 aliphatic rings. The van der Waals surface area contributed by atoms with Crippen molar-refractivity contribution in [2.75, 3.05) is 13.7 Å². The van der Waals surface area contributed by atoms with E-state index in [1.165, 1.54) is 11.2 Å². The number of amides is 3. The Morgan fingerprint density at radius 2 is 1.85 bits per heavy atom. The van der Waals surface area contributed by atoms with Crippen LogP contribution in [0.1, 0.15) is 43.0 Å². The second kappa shape index (κ2) is 11.2. The Morgan fingerprint density at radius 3 is 2.58 bits per heavy atom. The van der Waals surface area contributed by atoms with Crippen LogP contribution >= 0.6 is 0 Å². The third-order valence-electron chi connectivity index (χ3n) is 5.22. The van der Waals surface area contributed by atoms with Crippen LogP contribution in [-0.2, 0) is 25.7 Å². The molecule has 3 N–H and O–H groups in total. The first-order valence-corrected chi connectivity index (χ1v) is 10.7. The fourth-order valence-electron chi connectivity index (χ4n) is 3.48. The molecule has 2 aromatic rings. The Balaban J connectivity index is 1.55. The summed E-state index contributed by atoms with van der Waals surface area (Å²) >= 11 is 0. The Hall–Kier alpha value is -3.82. The minimum atomic E-state index is -1.34. The average Bonchev–Trinajstić information content (AvgIpc) is 3.32. The molecule has 1 fully saturated rings. The Kier molecular flexibility index (Phi) is 8.06. The molecule has 1 aromatic carbocycles. The highest BCUT2D eigenvalue weighted by Gasteiger charge is 2.40. The van der Waals surface area contributed by atoms with Crippen LogP contribution in [0.15, 0.2) is 47.1 Å². The molecule has 176 valence electrons. The van der Waals surface area contributed by atoms with Crippen molar-refractivity contribution in [3.63, 3.8) is 0 Å². The molecule has 2 atom stereocenters. The zero-order valence-electron chi connectivity index (χ0n) is 18.3. The van der Waals surface area contributed by atoms with Crippen LogP contribution in [0.4, 0.5) is 0 Å². The van der Waals surface area contributed by atoms with Gasteiger partial charge in [0.2, 0.25) is 0 Å². The number of carboxylic acid groups (broad SMARTS) is 1. The summed E-state index contributed by atoms with van der Waals surface area (Å²) in [6, 6.07) is 8.09. The summed E-state index contributed by atoms with van der Waals surface area (Å²) < 4.78 is 11.0. The number of rotatable bonds is 11. The van der Waals surface area contributed by atoms with E-state index in [1.807, 2.05) is 18.2 Å². The van der Waals surface area contributed by atoms with Crippen molar-refractivity contribution < 1.29 is 33.4 Å². The van der Waals surface area contributed by atoms with Gasteiger partial charge < -0.3 is 29.8 Å². The summed E-state index contributed by atoms with van der Waals surface area (Å²) in [6.45, 7) is 0.596. The van der Waals surface area contributed by atoms with Gasteiger partial charge in [0.15, 0.2) is 12.1 Å². The molecular weight excluding hydrogens is 430 g/mol. The lowest BCUT2D eigenvalue weighted by Gasteiger charge is -2.30. The summed E-state index contributed by atoms with van der Waals surface area (Å²) in [5.41, 5.74) is 0.745. The number of carboxylic acids is 1. The monoisotopic (exact) mass is 457 g/mol. The number of likely N-dealkylation sites (N-methyl/N-ethyl adjacent to an activating group) is 1. The van der Waals surface area contributed by atoms with E-state index >= 15 is 0 Å². The molecule has 1 aliphatic heterocycles. The standard InChI is InChI=1S/C23H27N3O7/c1-26(14-15-8-4-5-9-16(15)32-12-6-2-3-11-18(27)28)23(31)20-22(30)24-19(21(29)25-20)17-10-7-13-33-17/h4-5,7-10,13,19-20H,2-3,6,11-12,14H2,1H3,(H,24,30)(H,25,29)(H,27,28). The maximum atomic E-state index is 12.9. The first kappa shape index (κ1) is 23.8. The van der Waals surface area contributed by atoms with E-state index in [-0.39, 0.29) is 18.7 Å². The minimum Gasteiger partial charge on any atom is -0.493 e. The van der Waals surface area contributed by atoms with Gasteiger partial charge in [-0.15, -0.1) is 0 Å². The van der Waals surface area contributed by atoms with Crippen molar-refractivity contribution in [1.29, 1.82) is 0 Å². The molecule has 2 heterocycles. The molecule has 10 heteroatoms. The summed E-state index contributed by atoms with van der Waals surface area (Å²) in [5, 5.41) is 13.7. The Bertz CT molecular complexity index is 990. The number of carbonyl (C=O) groups is 4. The zero-order valence-corrected chi connectivity index (χ0v) is 18.3. The number of nitrogens with one attached hydrogen (secondary N) is 2. The van der Waals surface area contributed by atoms with Gasteiger partial charge in [-0.05, 0) is 37.5 Å². The molecule has 1 saturated heterocycles. The van der Waals surface area contributed by atoms with E-state index in [4.69, 9.17) is 14.3 Å². The van der Waals surface area contributed by atoms with Gasteiger partial charge in [0.05, 0.1) is 12.9 Å². The van der Waals surface area contributed by atoms with E-state index in [2.05, 4.69) is 10.6 Å². The smallest absolute Gasteiger partial charge is 0.303 e. The number of para-hydroxylation sites is 1. The van der Waals surface area contributed by atoms with Gasteiger partial charge in [-0.1, -0.05) is 18.2 Å². The van der Waals surface area contributed by atoms with Crippen molar-refractivity contribution in [2.24, 2.45) is 0 Å². The SMILES string of the molecule is CN(Cc1ccccc1OCCCCCC(=O)O)C(=O)C1NC(=O)C(c2ccco2)NC1=O. The number of carbonyl (C=O) groups excluding carboxylic acids is 3. The quantitative estimate of drug-likeness (QED) is 0.344. The first-order chi connectivity index (χ1) is 15.9. The van der Waals surface area contributed by atoms with E-state index in [9.17, 15) is 19.2 Å². The highest BCUT2D eigenvalue weighted by atomic mass is 16.5. The fourth-order valence-corrected chi connectivity index (χ4v) is 3.48. The van der Waals surface area contributed by atoms with Gasteiger partial charge in [-0.2, -0.15) is 0 Å². The van der Waals surface area contributed by atoms with Gasteiger partial charge in [0.1, 0.15) is 11.5 Å². The molecule has 1 aromatic heterocycles. The summed E-state index contributed by atoms with van der Waals surface area (Å²) in [5.74, 6) is -1.61. The molecule has 0 aliphatic carbocycles. The number of unbranched alkanes of at least 4 members (excludes halogenated alkanes) is 2. The number of piperazine rings is 1. The Labute approximate surface area is 190 Å².